The van der Waals surface area contributed by atoms with E-state index in [-0.39, 0.29) is 30.0 Å². The lowest BCUT2D eigenvalue weighted by Gasteiger charge is -2.16. The molecule has 0 saturated carbocycles. The molecule has 21 heavy (non-hydrogen) atoms. The van der Waals surface area contributed by atoms with Crippen LogP contribution in [0.5, 0.6) is 0 Å². The van der Waals surface area contributed by atoms with Crippen molar-refractivity contribution in [3.05, 3.63) is 30.1 Å². The van der Waals surface area contributed by atoms with Gasteiger partial charge in [0, 0.05) is 25.2 Å². The molecular formula is C16H21FN2O2. The van der Waals surface area contributed by atoms with Gasteiger partial charge in [-0.1, -0.05) is 19.8 Å². The van der Waals surface area contributed by atoms with Crippen LogP contribution >= 0.6 is 0 Å². The Morgan fingerprint density at radius 1 is 1.33 bits per heavy atom. The van der Waals surface area contributed by atoms with Crippen molar-refractivity contribution in [2.75, 3.05) is 18.4 Å². The fraction of sp³-hybridized carbons (Fsp3) is 0.500. The molecule has 2 rings (SSSR count). The average Bonchev–Trinajstić information content (AvgIpc) is 2.83. The van der Waals surface area contributed by atoms with Crippen molar-refractivity contribution in [1.29, 1.82) is 0 Å². The van der Waals surface area contributed by atoms with Gasteiger partial charge in [-0.15, -0.1) is 0 Å². The van der Waals surface area contributed by atoms with Crippen LogP contribution in [0.15, 0.2) is 24.3 Å². The zero-order valence-corrected chi connectivity index (χ0v) is 12.3. The van der Waals surface area contributed by atoms with Crippen LogP contribution in [0.25, 0.3) is 0 Å². The normalized spacial score (nSPS) is 18.1. The molecule has 1 aliphatic heterocycles. The molecule has 1 aromatic rings. The second-order valence-corrected chi connectivity index (χ2v) is 5.44. The summed E-state index contributed by atoms with van der Waals surface area (Å²) in [5, 5.41) is 2.73. The van der Waals surface area contributed by atoms with Gasteiger partial charge >= 0.3 is 0 Å². The predicted molar refractivity (Wildman–Crippen MR) is 79.2 cm³/mol. The molecule has 4 nitrogen and oxygen atoms in total. The van der Waals surface area contributed by atoms with Crippen LogP contribution in [-0.2, 0) is 9.59 Å². The summed E-state index contributed by atoms with van der Waals surface area (Å²) in [5.41, 5.74) is 0.554. The standard InChI is InChI=1S/C16H21FN2O2/c1-2-3-4-9-19-11-12(10-15(19)20)16(21)18-14-7-5-13(17)6-8-14/h5-8,12H,2-4,9-11H2,1H3,(H,18,21)/t12-/m1/s1. The summed E-state index contributed by atoms with van der Waals surface area (Å²) < 4.78 is 12.8. The Hall–Kier alpha value is -1.91. The van der Waals surface area contributed by atoms with Crippen molar-refractivity contribution in [3.8, 4) is 0 Å². The van der Waals surface area contributed by atoms with Crippen LogP contribution in [0.3, 0.4) is 0 Å². The van der Waals surface area contributed by atoms with Gasteiger partial charge in [-0.05, 0) is 30.7 Å². The Balaban J connectivity index is 1.86. The van der Waals surface area contributed by atoms with Gasteiger partial charge < -0.3 is 10.2 Å². The molecular weight excluding hydrogens is 271 g/mol. The lowest BCUT2D eigenvalue weighted by Crippen LogP contribution is -2.29. The van der Waals surface area contributed by atoms with Gasteiger partial charge in [0.2, 0.25) is 11.8 Å². The van der Waals surface area contributed by atoms with E-state index < -0.39 is 0 Å². The highest BCUT2D eigenvalue weighted by molar-refractivity contribution is 5.97. The molecule has 0 aliphatic carbocycles. The lowest BCUT2D eigenvalue weighted by molar-refractivity contribution is -0.128. The third kappa shape index (κ3) is 4.28. The molecule has 1 heterocycles. The number of halogens is 1. The van der Waals surface area contributed by atoms with Crippen molar-refractivity contribution in [1.82, 2.24) is 4.90 Å². The molecule has 0 bridgehead atoms. The Kier molecular flexibility index (Phi) is 5.31. The van der Waals surface area contributed by atoms with E-state index in [1.807, 2.05) is 0 Å². The smallest absolute Gasteiger partial charge is 0.229 e. The molecule has 0 unspecified atom stereocenters. The number of rotatable bonds is 6. The number of carbonyl (C=O) groups excluding carboxylic acids is 2. The fourth-order valence-corrected chi connectivity index (χ4v) is 2.49. The quantitative estimate of drug-likeness (QED) is 0.820. The Morgan fingerprint density at radius 3 is 2.71 bits per heavy atom. The minimum Gasteiger partial charge on any atom is -0.342 e. The van der Waals surface area contributed by atoms with Crippen LogP contribution in [0.2, 0.25) is 0 Å². The number of carbonyl (C=O) groups is 2. The highest BCUT2D eigenvalue weighted by Crippen LogP contribution is 2.20. The number of anilines is 1. The number of amides is 2. The topological polar surface area (TPSA) is 49.4 Å². The molecule has 0 spiro atoms. The highest BCUT2D eigenvalue weighted by atomic mass is 19.1. The van der Waals surface area contributed by atoms with E-state index in [0.29, 0.717) is 12.2 Å². The highest BCUT2D eigenvalue weighted by Gasteiger charge is 2.33. The first-order valence-corrected chi connectivity index (χ1v) is 7.44. The van der Waals surface area contributed by atoms with Gasteiger partial charge in [0.15, 0.2) is 0 Å². The summed E-state index contributed by atoms with van der Waals surface area (Å²) in [7, 11) is 0. The third-order valence-corrected chi connectivity index (χ3v) is 3.73. The third-order valence-electron chi connectivity index (χ3n) is 3.73. The zero-order chi connectivity index (χ0) is 15.2. The summed E-state index contributed by atoms with van der Waals surface area (Å²) >= 11 is 0. The van der Waals surface area contributed by atoms with Crippen LogP contribution in [0, 0.1) is 11.7 Å². The maximum Gasteiger partial charge on any atom is 0.229 e. The maximum atomic E-state index is 12.8. The van der Waals surface area contributed by atoms with Crippen molar-refractivity contribution in [2.24, 2.45) is 5.92 Å². The summed E-state index contributed by atoms with van der Waals surface area (Å²) in [6, 6.07) is 5.63. The number of hydrogen-bond donors (Lipinski definition) is 1. The fourth-order valence-electron chi connectivity index (χ4n) is 2.49. The Bertz CT molecular complexity index is 502. The lowest BCUT2D eigenvalue weighted by atomic mass is 10.1. The van der Waals surface area contributed by atoms with Crippen molar-refractivity contribution in [3.63, 3.8) is 0 Å². The second kappa shape index (κ2) is 7.20. The largest absolute Gasteiger partial charge is 0.342 e. The summed E-state index contributed by atoms with van der Waals surface area (Å²) in [4.78, 5) is 25.8. The molecule has 1 fully saturated rings. The van der Waals surface area contributed by atoms with Crippen molar-refractivity contribution < 1.29 is 14.0 Å². The monoisotopic (exact) mass is 292 g/mol. The van der Waals surface area contributed by atoms with Gasteiger partial charge in [-0.25, -0.2) is 4.39 Å². The minimum absolute atomic E-state index is 0.0466. The molecule has 1 saturated heterocycles. The van der Waals surface area contributed by atoms with E-state index in [0.717, 1.165) is 25.8 Å². The molecule has 1 N–H and O–H groups in total. The molecule has 1 atom stereocenters. The van der Waals surface area contributed by atoms with Gasteiger partial charge in [0.25, 0.3) is 0 Å². The molecule has 0 aromatic heterocycles. The Labute approximate surface area is 124 Å². The summed E-state index contributed by atoms with van der Waals surface area (Å²) in [5.74, 6) is -0.784. The first-order chi connectivity index (χ1) is 10.1. The number of benzene rings is 1. The van der Waals surface area contributed by atoms with Crippen LogP contribution in [-0.4, -0.2) is 29.8 Å². The molecule has 114 valence electrons. The van der Waals surface area contributed by atoms with Crippen molar-refractivity contribution >= 4 is 17.5 Å². The average molecular weight is 292 g/mol. The van der Waals surface area contributed by atoms with Gasteiger partial charge in [-0.2, -0.15) is 0 Å². The van der Waals surface area contributed by atoms with Gasteiger partial charge in [-0.3, -0.25) is 9.59 Å². The van der Waals surface area contributed by atoms with Crippen molar-refractivity contribution in [2.45, 2.75) is 32.6 Å². The first-order valence-electron chi connectivity index (χ1n) is 7.44. The van der Waals surface area contributed by atoms with Gasteiger partial charge in [0.1, 0.15) is 5.82 Å². The van der Waals surface area contributed by atoms with Gasteiger partial charge in [0.05, 0.1) is 5.92 Å². The zero-order valence-electron chi connectivity index (χ0n) is 12.3. The van der Waals surface area contributed by atoms with Crippen LogP contribution in [0.4, 0.5) is 10.1 Å². The van der Waals surface area contributed by atoms with Crippen LogP contribution < -0.4 is 5.32 Å². The molecule has 1 aromatic carbocycles. The molecule has 1 aliphatic rings. The van der Waals surface area contributed by atoms with Crippen LogP contribution in [0.1, 0.15) is 32.6 Å². The minimum atomic E-state index is -0.342. The molecule has 2 amide bonds. The first kappa shape index (κ1) is 15.5. The maximum absolute atomic E-state index is 12.8. The van der Waals surface area contributed by atoms with E-state index in [9.17, 15) is 14.0 Å². The number of unbranched alkanes of at least 4 members (excludes halogenated alkanes) is 2. The summed E-state index contributed by atoms with van der Waals surface area (Å²) in [6.07, 6.45) is 3.44. The van der Waals surface area contributed by atoms with E-state index in [1.54, 1.807) is 4.90 Å². The summed E-state index contributed by atoms with van der Waals surface area (Å²) in [6.45, 7) is 3.33. The van der Waals surface area contributed by atoms with E-state index >= 15 is 0 Å². The Morgan fingerprint density at radius 2 is 2.05 bits per heavy atom. The SMILES string of the molecule is CCCCCN1C[C@H](C(=O)Nc2ccc(F)cc2)CC1=O. The van der Waals surface area contributed by atoms with E-state index in [1.165, 1.54) is 24.3 Å². The molecule has 5 heteroatoms. The predicted octanol–water partition coefficient (Wildman–Crippen LogP) is 2.80. The number of nitrogens with zero attached hydrogens (tertiary/aromatic N) is 1. The second-order valence-electron chi connectivity index (χ2n) is 5.44. The molecule has 0 radical (unpaired) electrons. The number of nitrogens with one attached hydrogen (secondary N) is 1. The number of hydrogen-bond acceptors (Lipinski definition) is 2. The number of likely N-dealkylation sites (tertiary alicyclic amines) is 1. The van der Waals surface area contributed by atoms with E-state index in [4.69, 9.17) is 0 Å². The van der Waals surface area contributed by atoms with E-state index in [2.05, 4.69) is 12.2 Å².